The minimum absolute atomic E-state index is 0.0150. The highest BCUT2D eigenvalue weighted by atomic mass is 16.2. The summed E-state index contributed by atoms with van der Waals surface area (Å²) in [5.74, 6) is 0.0150. The van der Waals surface area contributed by atoms with Crippen LogP contribution in [-0.4, -0.2) is 33.0 Å². The molecule has 1 aromatic carbocycles. The molecule has 0 aliphatic carbocycles. The number of para-hydroxylation sites is 1. The third kappa shape index (κ3) is 2.07. The second kappa shape index (κ2) is 4.85. The molecule has 1 amide bonds. The molecule has 0 aliphatic heterocycles. The number of aromatic amines is 2. The fourth-order valence-electron chi connectivity index (χ4n) is 2.45. The van der Waals surface area contributed by atoms with Gasteiger partial charge in [-0.2, -0.15) is 5.10 Å². The van der Waals surface area contributed by atoms with Crippen LogP contribution in [-0.2, 0) is 6.54 Å². The van der Waals surface area contributed by atoms with Crippen molar-refractivity contribution in [2.24, 2.45) is 0 Å². The monoisotopic (exact) mass is 268 g/mol. The van der Waals surface area contributed by atoms with E-state index >= 15 is 0 Å². The number of benzene rings is 1. The van der Waals surface area contributed by atoms with Crippen molar-refractivity contribution >= 4 is 16.8 Å². The maximum atomic E-state index is 12.6. The summed E-state index contributed by atoms with van der Waals surface area (Å²) in [4.78, 5) is 17.6. The number of amides is 1. The molecule has 2 aromatic heterocycles. The predicted octanol–water partition coefficient (Wildman–Crippen LogP) is 2.47. The lowest BCUT2D eigenvalue weighted by Gasteiger charge is -2.16. The summed E-state index contributed by atoms with van der Waals surface area (Å²) >= 11 is 0. The van der Waals surface area contributed by atoms with E-state index in [0.29, 0.717) is 6.54 Å². The number of aromatic nitrogens is 3. The van der Waals surface area contributed by atoms with Crippen LogP contribution in [0.3, 0.4) is 0 Å². The van der Waals surface area contributed by atoms with Gasteiger partial charge in [-0.05, 0) is 13.0 Å². The average Bonchev–Trinajstić information content (AvgIpc) is 3.04. The lowest BCUT2D eigenvalue weighted by molar-refractivity contribution is 0.0786. The minimum atomic E-state index is 0.0150. The Morgan fingerprint density at radius 1 is 1.35 bits per heavy atom. The van der Waals surface area contributed by atoms with E-state index in [1.165, 1.54) is 0 Å². The van der Waals surface area contributed by atoms with Gasteiger partial charge in [0.25, 0.3) is 5.91 Å². The molecule has 102 valence electrons. The Balaban J connectivity index is 1.94. The van der Waals surface area contributed by atoms with Crippen LogP contribution in [0.25, 0.3) is 10.9 Å². The molecule has 0 aliphatic rings. The van der Waals surface area contributed by atoms with Crippen molar-refractivity contribution in [1.29, 1.82) is 0 Å². The molecule has 2 heterocycles. The van der Waals surface area contributed by atoms with Crippen LogP contribution in [0.15, 0.2) is 36.7 Å². The number of carbonyl (C=O) groups excluding carboxylic acids is 1. The van der Waals surface area contributed by atoms with Gasteiger partial charge >= 0.3 is 0 Å². The second-order valence-electron chi connectivity index (χ2n) is 4.94. The molecule has 3 rings (SSSR count). The minimum Gasteiger partial charge on any atom is -0.358 e. The van der Waals surface area contributed by atoms with Crippen LogP contribution in [0.5, 0.6) is 0 Å². The normalized spacial score (nSPS) is 10.9. The molecule has 0 atom stereocenters. The third-order valence-corrected chi connectivity index (χ3v) is 3.43. The van der Waals surface area contributed by atoms with Crippen LogP contribution in [0.2, 0.25) is 0 Å². The Kier molecular flexibility index (Phi) is 3.02. The molecular formula is C15H16N4O. The van der Waals surface area contributed by atoms with E-state index in [2.05, 4.69) is 15.2 Å². The zero-order chi connectivity index (χ0) is 14.1. The molecule has 0 bridgehead atoms. The molecule has 5 nitrogen and oxygen atoms in total. The number of hydrogen-bond donors (Lipinski definition) is 2. The van der Waals surface area contributed by atoms with Crippen LogP contribution >= 0.6 is 0 Å². The highest BCUT2D eigenvalue weighted by Gasteiger charge is 2.19. The fourth-order valence-corrected chi connectivity index (χ4v) is 2.45. The number of nitrogens with zero attached hydrogens (tertiary/aromatic N) is 2. The SMILES string of the molecule is Cc1[nH]c2ccccc2c1C(=O)N(C)Cc1cn[nH]c1. The van der Waals surface area contributed by atoms with Gasteiger partial charge in [0.1, 0.15) is 0 Å². The largest absolute Gasteiger partial charge is 0.358 e. The van der Waals surface area contributed by atoms with Crippen molar-refractivity contribution in [2.45, 2.75) is 13.5 Å². The molecule has 5 heteroatoms. The first kappa shape index (κ1) is 12.5. The summed E-state index contributed by atoms with van der Waals surface area (Å²) < 4.78 is 0. The first-order chi connectivity index (χ1) is 9.66. The number of nitrogens with one attached hydrogen (secondary N) is 2. The van der Waals surface area contributed by atoms with E-state index in [-0.39, 0.29) is 5.91 Å². The smallest absolute Gasteiger partial charge is 0.256 e. The Labute approximate surface area is 116 Å². The molecule has 0 spiro atoms. The van der Waals surface area contributed by atoms with Crippen LogP contribution in [0, 0.1) is 6.92 Å². The zero-order valence-corrected chi connectivity index (χ0v) is 11.5. The lowest BCUT2D eigenvalue weighted by Crippen LogP contribution is -2.26. The molecule has 0 unspecified atom stereocenters. The van der Waals surface area contributed by atoms with Crippen LogP contribution in [0.1, 0.15) is 21.6 Å². The van der Waals surface area contributed by atoms with E-state index in [4.69, 9.17) is 0 Å². The predicted molar refractivity (Wildman–Crippen MR) is 77.4 cm³/mol. The number of carbonyl (C=O) groups is 1. The number of rotatable bonds is 3. The van der Waals surface area contributed by atoms with E-state index in [0.717, 1.165) is 27.7 Å². The van der Waals surface area contributed by atoms with Gasteiger partial charge in [-0.1, -0.05) is 18.2 Å². The number of H-pyrrole nitrogens is 2. The highest BCUT2D eigenvalue weighted by Crippen LogP contribution is 2.23. The third-order valence-electron chi connectivity index (χ3n) is 3.43. The number of fused-ring (bicyclic) bond motifs is 1. The van der Waals surface area contributed by atoms with Crippen LogP contribution < -0.4 is 0 Å². The molecular weight excluding hydrogens is 252 g/mol. The van der Waals surface area contributed by atoms with Crippen molar-refractivity contribution in [1.82, 2.24) is 20.1 Å². The molecule has 0 fully saturated rings. The quantitative estimate of drug-likeness (QED) is 0.766. The molecule has 3 aromatic rings. The Bertz CT molecular complexity index is 742. The Hall–Kier alpha value is -2.56. The topological polar surface area (TPSA) is 64.8 Å². The summed E-state index contributed by atoms with van der Waals surface area (Å²) in [7, 11) is 1.80. The zero-order valence-electron chi connectivity index (χ0n) is 11.5. The summed E-state index contributed by atoms with van der Waals surface area (Å²) in [5, 5.41) is 7.62. The van der Waals surface area contributed by atoms with Gasteiger partial charge in [-0.25, -0.2) is 0 Å². The van der Waals surface area contributed by atoms with Crippen molar-refractivity contribution in [3.05, 3.63) is 53.5 Å². The summed E-state index contributed by atoms with van der Waals surface area (Å²) in [6.07, 6.45) is 3.53. The van der Waals surface area contributed by atoms with E-state index in [9.17, 15) is 4.79 Å². The first-order valence-electron chi connectivity index (χ1n) is 6.47. The molecule has 2 N–H and O–H groups in total. The van der Waals surface area contributed by atoms with Crippen molar-refractivity contribution < 1.29 is 4.79 Å². The van der Waals surface area contributed by atoms with E-state index in [1.807, 2.05) is 31.2 Å². The molecule has 20 heavy (non-hydrogen) atoms. The van der Waals surface area contributed by atoms with Gasteiger partial charge < -0.3 is 9.88 Å². The van der Waals surface area contributed by atoms with Crippen molar-refractivity contribution in [3.8, 4) is 0 Å². The first-order valence-corrected chi connectivity index (χ1v) is 6.47. The Morgan fingerprint density at radius 3 is 2.90 bits per heavy atom. The fraction of sp³-hybridized carbons (Fsp3) is 0.200. The van der Waals surface area contributed by atoms with Gasteiger partial charge in [0.05, 0.1) is 11.8 Å². The summed E-state index contributed by atoms with van der Waals surface area (Å²) in [5.41, 5.74) is 3.62. The van der Waals surface area contributed by atoms with Gasteiger partial charge in [-0.3, -0.25) is 9.89 Å². The maximum Gasteiger partial charge on any atom is 0.256 e. The highest BCUT2D eigenvalue weighted by molar-refractivity contribution is 6.07. The van der Waals surface area contributed by atoms with Gasteiger partial charge in [0.15, 0.2) is 0 Å². The average molecular weight is 268 g/mol. The molecule has 0 saturated carbocycles. The van der Waals surface area contributed by atoms with Crippen molar-refractivity contribution in [3.63, 3.8) is 0 Å². The maximum absolute atomic E-state index is 12.6. The number of aryl methyl sites for hydroxylation is 1. The molecule has 0 radical (unpaired) electrons. The summed E-state index contributed by atoms with van der Waals surface area (Å²) in [6, 6.07) is 7.86. The second-order valence-corrected chi connectivity index (χ2v) is 4.94. The lowest BCUT2D eigenvalue weighted by atomic mass is 10.1. The molecule has 0 saturated heterocycles. The van der Waals surface area contributed by atoms with Gasteiger partial charge in [0, 0.05) is 41.9 Å². The van der Waals surface area contributed by atoms with E-state index in [1.54, 1.807) is 24.3 Å². The standard InChI is InChI=1S/C15H16N4O/c1-10-14(12-5-3-4-6-13(12)18-10)15(20)19(2)9-11-7-16-17-8-11/h3-8,18H,9H2,1-2H3,(H,16,17). The van der Waals surface area contributed by atoms with Crippen LogP contribution in [0.4, 0.5) is 0 Å². The van der Waals surface area contributed by atoms with Crippen molar-refractivity contribution in [2.75, 3.05) is 7.05 Å². The van der Waals surface area contributed by atoms with E-state index < -0.39 is 0 Å². The van der Waals surface area contributed by atoms with Gasteiger partial charge in [-0.15, -0.1) is 0 Å². The summed E-state index contributed by atoms with van der Waals surface area (Å²) in [6.45, 7) is 2.47. The Morgan fingerprint density at radius 2 is 2.15 bits per heavy atom. The number of hydrogen-bond acceptors (Lipinski definition) is 2. The van der Waals surface area contributed by atoms with Gasteiger partial charge in [0.2, 0.25) is 0 Å².